The van der Waals surface area contributed by atoms with E-state index in [-0.39, 0.29) is 11.0 Å². The molecule has 0 fully saturated rings. The van der Waals surface area contributed by atoms with Crippen molar-refractivity contribution in [3.05, 3.63) is 89.8 Å². The summed E-state index contributed by atoms with van der Waals surface area (Å²) < 4.78 is 13.7. The van der Waals surface area contributed by atoms with Gasteiger partial charge < -0.3 is 0 Å². The first-order valence-electron chi connectivity index (χ1n) is 7.38. The first-order valence-corrected chi connectivity index (χ1v) is 7.38. The Labute approximate surface area is 134 Å². The van der Waals surface area contributed by atoms with Gasteiger partial charge in [0.1, 0.15) is 11.9 Å². The molecule has 112 valence electrons. The number of benzene rings is 2. The SMILES string of the molecule is N#Cc1ccc(N=CC2(c3ccccc3)C=CC=CC2)cc1F. The van der Waals surface area contributed by atoms with E-state index in [4.69, 9.17) is 5.26 Å². The molecule has 2 nitrogen and oxygen atoms in total. The predicted molar refractivity (Wildman–Crippen MR) is 90.3 cm³/mol. The van der Waals surface area contributed by atoms with E-state index in [1.54, 1.807) is 6.07 Å². The van der Waals surface area contributed by atoms with Crippen LogP contribution >= 0.6 is 0 Å². The van der Waals surface area contributed by atoms with Crippen molar-refractivity contribution in [3.8, 4) is 6.07 Å². The van der Waals surface area contributed by atoms with Crippen LogP contribution in [0, 0.1) is 17.1 Å². The van der Waals surface area contributed by atoms with E-state index in [1.165, 1.54) is 12.1 Å². The first-order chi connectivity index (χ1) is 11.2. The summed E-state index contributed by atoms with van der Waals surface area (Å²) in [6, 6.07) is 16.3. The Morgan fingerprint density at radius 3 is 2.61 bits per heavy atom. The monoisotopic (exact) mass is 302 g/mol. The van der Waals surface area contributed by atoms with E-state index >= 15 is 0 Å². The number of allylic oxidation sites excluding steroid dienone is 4. The largest absolute Gasteiger partial charge is 0.260 e. The minimum atomic E-state index is -0.546. The molecule has 0 spiro atoms. The molecular formula is C20H15FN2. The molecule has 0 bridgehead atoms. The van der Waals surface area contributed by atoms with Crippen molar-refractivity contribution in [1.82, 2.24) is 0 Å². The van der Waals surface area contributed by atoms with E-state index in [1.807, 2.05) is 42.6 Å². The maximum Gasteiger partial charge on any atom is 0.143 e. The molecule has 1 atom stereocenters. The number of halogens is 1. The van der Waals surface area contributed by atoms with Crippen molar-refractivity contribution in [3.63, 3.8) is 0 Å². The molecule has 3 rings (SSSR count). The predicted octanol–water partition coefficient (Wildman–Crippen LogP) is 4.85. The van der Waals surface area contributed by atoms with Crippen molar-refractivity contribution >= 4 is 11.9 Å². The maximum atomic E-state index is 13.7. The van der Waals surface area contributed by atoms with E-state index in [2.05, 4.69) is 29.3 Å². The van der Waals surface area contributed by atoms with E-state index in [0.29, 0.717) is 5.69 Å². The summed E-state index contributed by atoms with van der Waals surface area (Å²) in [5.74, 6) is -0.546. The van der Waals surface area contributed by atoms with Crippen LogP contribution in [0.25, 0.3) is 0 Å². The third-order valence-corrected chi connectivity index (χ3v) is 3.92. The second-order valence-electron chi connectivity index (χ2n) is 5.43. The van der Waals surface area contributed by atoms with Gasteiger partial charge in [-0.15, -0.1) is 0 Å². The lowest BCUT2D eigenvalue weighted by molar-refractivity contribution is 0.624. The standard InChI is InChI=1S/C20H15FN2/c21-19-13-18(10-9-16(19)14-22)23-15-20(11-5-2-6-12-20)17-7-3-1-4-8-17/h1-11,13,15H,12H2. The molecule has 0 saturated carbocycles. The van der Waals surface area contributed by atoms with Crippen LogP contribution < -0.4 is 0 Å². The van der Waals surface area contributed by atoms with Gasteiger partial charge in [-0.05, 0) is 24.1 Å². The van der Waals surface area contributed by atoms with Gasteiger partial charge in [0.15, 0.2) is 0 Å². The van der Waals surface area contributed by atoms with E-state index in [0.717, 1.165) is 12.0 Å². The minimum absolute atomic E-state index is 0.0298. The lowest BCUT2D eigenvalue weighted by Crippen LogP contribution is -2.25. The third kappa shape index (κ3) is 3.12. The molecule has 2 aromatic rings. The number of hydrogen-bond acceptors (Lipinski definition) is 2. The highest BCUT2D eigenvalue weighted by Gasteiger charge is 2.27. The smallest absolute Gasteiger partial charge is 0.143 e. The van der Waals surface area contributed by atoms with Gasteiger partial charge in [-0.1, -0.05) is 54.6 Å². The Kier molecular flexibility index (Phi) is 4.16. The van der Waals surface area contributed by atoms with Gasteiger partial charge >= 0.3 is 0 Å². The highest BCUT2D eigenvalue weighted by Crippen LogP contribution is 2.32. The second kappa shape index (κ2) is 6.41. The summed E-state index contributed by atoms with van der Waals surface area (Å²) in [6.07, 6.45) is 10.9. The van der Waals surface area contributed by atoms with Crippen molar-refractivity contribution in [2.75, 3.05) is 0 Å². The molecule has 1 unspecified atom stereocenters. The molecule has 0 heterocycles. The van der Waals surface area contributed by atoms with Gasteiger partial charge in [0.05, 0.1) is 16.7 Å². The van der Waals surface area contributed by atoms with Gasteiger partial charge in [-0.2, -0.15) is 5.26 Å². The molecule has 1 aliphatic rings. The zero-order chi connectivity index (χ0) is 16.1. The normalized spacial score (nSPS) is 19.8. The average molecular weight is 302 g/mol. The Morgan fingerprint density at radius 1 is 1.13 bits per heavy atom. The van der Waals surface area contributed by atoms with E-state index in [9.17, 15) is 4.39 Å². The number of aliphatic imine (C=N–C) groups is 1. The fraction of sp³-hybridized carbons (Fsp3) is 0.100. The van der Waals surface area contributed by atoms with Crippen molar-refractivity contribution in [2.45, 2.75) is 11.8 Å². The molecule has 2 aromatic carbocycles. The van der Waals surface area contributed by atoms with Crippen LogP contribution in [0.3, 0.4) is 0 Å². The third-order valence-electron chi connectivity index (χ3n) is 3.92. The molecule has 0 N–H and O–H groups in total. The summed E-state index contributed by atoms with van der Waals surface area (Å²) in [4.78, 5) is 4.46. The second-order valence-corrected chi connectivity index (χ2v) is 5.43. The summed E-state index contributed by atoms with van der Waals surface area (Å²) in [7, 11) is 0. The van der Waals surface area contributed by atoms with Gasteiger partial charge in [0.25, 0.3) is 0 Å². The number of nitrogens with zero attached hydrogens (tertiary/aromatic N) is 2. The van der Waals surface area contributed by atoms with Gasteiger partial charge in [0, 0.05) is 12.3 Å². The molecule has 0 aromatic heterocycles. The number of nitriles is 1. The zero-order valence-electron chi connectivity index (χ0n) is 12.5. The Balaban J connectivity index is 1.97. The lowest BCUT2D eigenvalue weighted by atomic mass is 9.76. The Morgan fingerprint density at radius 2 is 1.96 bits per heavy atom. The van der Waals surface area contributed by atoms with Gasteiger partial charge in [-0.25, -0.2) is 4.39 Å². The van der Waals surface area contributed by atoms with Crippen LogP contribution in [0.2, 0.25) is 0 Å². The summed E-state index contributed by atoms with van der Waals surface area (Å²) in [6.45, 7) is 0. The highest BCUT2D eigenvalue weighted by molar-refractivity contribution is 5.80. The Bertz CT molecular complexity index is 828. The quantitative estimate of drug-likeness (QED) is 0.746. The number of hydrogen-bond donors (Lipinski definition) is 0. The molecule has 23 heavy (non-hydrogen) atoms. The first kappa shape index (κ1) is 14.9. The van der Waals surface area contributed by atoms with Crippen LogP contribution in [0.15, 0.2) is 77.8 Å². The molecule has 0 aliphatic heterocycles. The van der Waals surface area contributed by atoms with Crippen LogP contribution in [-0.4, -0.2) is 6.21 Å². The van der Waals surface area contributed by atoms with Gasteiger partial charge in [0.2, 0.25) is 0 Å². The van der Waals surface area contributed by atoms with Crippen LogP contribution in [0.1, 0.15) is 17.5 Å². The van der Waals surface area contributed by atoms with Crippen molar-refractivity contribution < 1.29 is 4.39 Å². The minimum Gasteiger partial charge on any atom is -0.260 e. The van der Waals surface area contributed by atoms with Gasteiger partial charge in [-0.3, -0.25) is 4.99 Å². The van der Waals surface area contributed by atoms with Crippen molar-refractivity contribution in [1.29, 1.82) is 5.26 Å². The molecule has 3 heteroatoms. The zero-order valence-corrected chi connectivity index (χ0v) is 12.5. The van der Waals surface area contributed by atoms with Crippen LogP contribution in [0.5, 0.6) is 0 Å². The number of rotatable bonds is 3. The van der Waals surface area contributed by atoms with E-state index < -0.39 is 5.82 Å². The molecule has 0 amide bonds. The fourth-order valence-corrected chi connectivity index (χ4v) is 2.63. The highest BCUT2D eigenvalue weighted by atomic mass is 19.1. The molecular weight excluding hydrogens is 287 g/mol. The summed E-state index contributed by atoms with van der Waals surface area (Å²) in [5.41, 5.74) is 1.33. The Hall–Kier alpha value is -2.99. The van der Waals surface area contributed by atoms with Crippen LogP contribution in [0.4, 0.5) is 10.1 Å². The summed E-state index contributed by atoms with van der Waals surface area (Å²) in [5, 5.41) is 8.79. The topological polar surface area (TPSA) is 36.1 Å². The lowest BCUT2D eigenvalue weighted by Gasteiger charge is -2.27. The maximum absolute atomic E-state index is 13.7. The molecule has 0 saturated heterocycles. The summed E-state index contributed by atoms with van der Waals surface area (Å²) >= 11 is 0. The fourth-order valence-electron chi connectivity index (χ4n) is 2.63. The molecule has 1 aliphatic carbocycles. The van der Waals surface area contributed by atoms with Crippen LogP contribution in [-0.2, 0) is 5.41 Å². The average Bonchev–Trinajstić information content (AvgIpc) is 2.62. The molecule has 0 radical (unpaired) electrons. The van der Waals surface area contributed by atoms with Crippen molar-refractivity contribution in [2.24, 2.45) is 4.99 Å².